The summed E-state index contributed by atoms with van der Waals surface area (Å²) in [5.74, 6) is 1.22. The summed E-state index contributed by atoms with van der Waals surface area (Å²) in [5, 5.41) is 3.43. The topological polar surface area (TPSA) is 50.8 Å². The fourth-order valence-corrected chi connectivity index (χ4v) is 2.80. The van der Waals surface area contributed by atoms with E-state index in [0.717, 1.165) is 18.5 Å². The number of rotatable bonds is 2. The van der Waals surface area contributed by atoms with Gasteiger partial charge in [0, 0.05) is 19.6 Å². The average molecular weight is 323 g/mol. The lowest BCUT2D eigenvalue weighted by atomic mass is 10.1. The molecule has 0 unspecified atom stereocenters. The van der Waals surface area contributed by atoms with Crippen molar-refractivity contribution in [3.05, 3.63) is 34.4 Å². The van der Waals surface area contributed by atoms with Crippen LogP contribution in [0.15, 0.2) is 23.8 Å². The van der Waals surface area contributed by atoms with Crippen LogP contribution < -0.4 is 14.8 Å². The van der Waals surface area contributed by atoms with Crippen molar-refractivity contribution in [1.82, 2.24) is 10.2 Å². The van der Waals surface area contributed by atoms with E-state index in [1.165, 1.54) is 5.57 Å². The second kappa shape index (κ2) is 6.48. The highest BCUT2D eigenvalue weighted by Crippen LogP contribution is 2.38. The zero-order chi connectivity index (χ0) is 15.5. The van der Waals surface area contributed by atoms with E-state index in [1.54, 1.807) is 11.0 Å². The highest BCUT2D eigenvalue weighted by molar-refractivity contribution is 6.32. The first kappa shape index (κ1) is 15.0. The average Bonchev–Trinajstić information content (AvgIpc) is 2.53. The van der Waals surface area contributed by atoms with E-state index in [4.69, 9.17) is 21.1 Å². The molecular weight excluding hydrogens is 304 g/mol. The lowest BCUT2D eigenvalue weighted by molar-refractivity contribution is 0.171. The van der Waals surface area contributed by atoms with Gasteiger partial charge in [0.2, 0.25) is 0 Å². The van der Waals surface area contributed by atoms with E-state index in [2.05, 4.69) is 18.3 Å². The number of nitrogens with zero attached hydrogens (tertiary/aromatic N) is 1. The Kier molecular flexibility index (Phi) is 4.43. The van der Waals surface area contributed by atoms with Crippen molar-refractivity contribution >= 4 is 17.6 Å². The van der Waals surface area contributed by atoms with Crippen molar-refractivity contribution in [2.24, 2.45) is 0 Å². The van der Waals surface area contributed by atoms with E-state index in [-0.39, 0.29) is 6.03 Å². The van der Waals surface area contributed by atoms with Crippen molar-refractivity contribution < 1.29 is 14.3 Å². The highest BCUT2D eigenvalue weighted by atomic mass is 35.5. The molecule has 2 amide bonds. The lowest BCUT2D eigenvalue weighted by Crippen LogP contribution is -2.41. The predicted molar refractivity (Wildman–Crippen MR) is 84.6 cm³/mol. The van der Waals surface area contributed by atoms with Crippen LogP contribution in [0, 0.1) is 0 Å². The Morgan fingerprint density at radius 3 is 2.95 bits per heavy atom. The molecule has 1 aromatic rings. The van der Waals surface area contributed by atoms with Crippen LogP contribution in [0.4, 0.5) is 4.79 Å². The van der Waals surface area contributed by atoms with Gasteiger partial charge in [0.25, 0.3) is 0 Å². The summed E-state index contributed by atoms with van der Waals surface area (Å²) < 4.78 is 11.0. The Morgan fingerprint density at radius 2 is 2.18 bits per heavy atom. The zero-order valence-electron chi connectivity index (χ0n) is 12.5. The Bertz CT molecular complexity index is 616. The number of urea groups is 1. The second-order valence-corrected chi connectivity index (χ2v) is 5.91. The molecule has 0 saturated carbocycles. The Morgan fingerprint density at radius 1 is 1.36 bits per heavy atom. The van der Waals surface area contributed by atoms with Gasteiger partial charge < -0.3 is 19.7 Å². The Hall–Kier alpha value is -1.88. The van der Waals surface area contributed by atoms with Crippen LogP contribution in [0.25, 0.3) is 0 Å². The van der Waals surface area contributed by atoms with E-state index in [9.17, 15) is 4.79 Å². The predicted octanol–water partition coefficient (Wildman–Crippen LogP) is 2.97. The fraction of sp³-hybridized carbons (Fsp3) is 0.438. The molecule has 0 aromatic heterocycles. The monoisotopic (exact) mass is 322 g/mol. The number of halogens is 1. The van der Waals surface area contributed by atoms with Crippen LogP contribution in [-0.4, -0.2) is 37.2 Å². The second-order valence-electron chi connectivity index (χ2n) is 5.51. The fourth-order valence-electron chi connectivity index (χ4n) is 2.51. The SMILES string of the molecule is CC1=CCN(C(=O)NCc2cc(Cl)c3c(c2)OCCO3)CC1. The summed E-state index contributed by atoms with van der Waals surface area (Å²) in [4.78, 5) is 13.9. The quantitative estimate of drug-likeness (QED) is 0.852. The summed E-state index contributed by atoms with van der Waals surface area (Å²) in [5.41, 5.74) is 2.23. The first-order chi connectivity index (χ1) is 10.6. The molecule has 0 saturated heterocycles. The van der Waals surface area contributed by atoms with Crippen molar-refractivity contribution in [3.63, 3.8) is 0 Å². The molecule has 22 heavy (non-hydrogen) atoms. The van der Waals surface area contributed by atoms with Gasteiger partial charge in [-0.3, -0.25) is 0 Å². The molecule has 0 atom stereocenters. The molecule has 0 spiro atoms. The molecule has 5 nitrogen and oxygen atoms in total. The van der Waals surface area contributed by atoms with Gasteiger partial charge in [0.05, 0.1) is 5.02 Å². The van der Waals surface area contributed by atoms with Crippen LogP contribution in [0.1, 0.15) is 18.9 Å². The van der Waals surface area contributed by atoms with Gasteiger partial charge in [0.15, 0.2) is 11.5 Å². The maximum Gasteiger partial charge on any atom is 0.317 e. The number of carbonyl (C=O) groups is 1. The maximum atomic E-state index is 12.1. The normalized spacial score (nSPS) is 17.0. The minimum atomic E-state index is -0.0604. The Balaban J connectivity index is 1.62. The first-order valence-corrected chi connectivity index (χ1v) is 7.78. The molecule has 1 aromatic carbocycles. The molecule has 0 fully saturated rings. The van der Waals surface area contributed by atoms with E-state index >= 15 is 0 Å². The molecule has 6 heteroatoms. The van der Waals surface area contributed by atoms with Crippen LogP contribution in [0.5, 0.6) is 11.5 Å². The molecule has 0 radical (unpaired) electrons. The van der Waals surface area contributed by atoms with Gasteiger partial charge in [-0.2, -0.15) is 0 Å². The smallest absolute Gasteiger partial charge is 0.317 e. The first-order valence-electron chi connectivity index (χ1n) is 7.40. The van der Waals surface area contributed by atoms with Crippen LogP contribution in [-0.2, 0) is 6.54 Å². The summed E-state index contributed by atoms with van der Waals surface area (Å²) in [6.45, 7) is 4.94. The molecule has 1 N–H and O–H groups in total. The minimum Gasteiger partial charge on any atom is -0.486 e. The van der Waals surface area contributed by atoms with Crippen molar-refractivity contribution in [1.29, 1.82) is 0 Å². The third-order valence-electron chi connectivity index (χ3n) is 3.82. The van der Waals surface area contributed by atoms with Gasteiger partial charge in [-0.25, -0.2) is 4.79 Å². The number of hydrogen-bond donors (Lipinski definition) is 1. The van der Waals surface area contributed by atoms with Crippen molar-refractivity contribution in [2.45, 2.75) is 19.9 Å². The number of ether oxygens (including phenoxy) is 2. The van der Waals surface area contributed by atoms with Crippen LogP contribution >= 0.6 is 11.6 Å². The van der Waals surface area contributed by atoms with Gasteiger partial charge in [-0.05, 0) is 31.0 Å². The third kappa shape index (κ3) is 3.30. The highest BCUT2D eigenvalue weighted by Gasteiger charge is 2.18. The largest absolute Gasteiger partial charge is 0.486 e. The van der Waals surface area contributed by atoms with Crippen LogP contribution in [0.3, 0.4) is 0 Å². The summed E-state index contributed by atoms with van der Waals surface area (Å²) in [6, 6.07) is 3.60. The van der Waals surface area contributed by atoms with Crippen LogP contribution in [0.2, 0.25) is 5.02 Å². The number of carbonyl (C=O) groups excluding carboxylic acids is 1. The lowest BCUT2D eigenvalue weighted by Gasteiger charge is -2.26. The minimum absolute atomic E-state index is 0.0604. The summed E-state index contributed by atoms with van der Waals surface area (Å²) in [7, 11) is 0. The Labute approximate surface area is 134 Å². The third-order valence-corrected chi connectivity index (χ3v) is 4.10. The van der Waals surface area contributed by atoms with E-state index < -0.39 is 0 Å². The molecule has 2 aliphatic heterocycles. The molecule has 2 aliphatic rings. The molecule has 3 rings (SSSR count). The van der Waals surface area contributed by atoms with Crippen molar-refractivity contribution in [2.75, 3.05) is 26.3 Å². The van der Waals surface area contributed by atoms with Crippen molar-refractivity contribution in [3.8, 4) is 11.5 Å². The molecule has 2 heterocycles. The molecule has 118 valence electrons. The standard InChI is InChI=1S/C16H19ClN2O3/c1-11-2-4-19(5-3-11)16(20)18-10-12-8-13(17)15-14(9-12)21-6-7-22-15/h2,8-9H,3-7,10H2,1H3,(H,18,20). The zero-order valence-corrected chi connectivity index (χ0v) is 13.3. The molecular formula is C16H19ClN2O3. The number of benzene rings is 1. The number of nitrogens with one attached hydrogen (secondary N) is 1. The number of hydrogen-bond acceptors (Lipinski definition) is 3. The molecule has 0 bridgehead atoms. The maximum absolute atomic E-state index is 12.1. The van der Waals surface area contributed by atoms with Gasteiger partial charge >= 0.3 is 6.03 Å². The van der Waals surface area contributed by atoms with E-state index in [1.807, 2.05) is 6.07 Å². The van der Waals surface area contributed by atoms with Gasteiger partial charge in [-0.15, -0.1) is 0 Å². The van der Waals surface area contributed by atoms with Gasteiger partial charge in [-0.1, -0.05) is 23.3 Å². The van der Waals surface area contributed by atoms with Gasteiger partial charge in [0.1, 0.15) is 13.2 Å². The summed E-state index contributed by atoms with van der Waals surface area (Å²) >= 11 is 6.19. The molecule has 0 aliphatic carbocycles. The van der Waals surface area contributed by atoms with E-state index in [0.29, 0.717) is 42.8 Å². The number of amides is 2. The number of fused-ring (bicyclic) bond motifs is 1. The summed E-state index contributed by atoms with van der Waals surface area (Å²) in [6.07, 6.45) is 3.02.